The van der Waals surface area contributed by atoms with Crippen molar-refractivity contribution in [3.8, 4) is 5.75 Å². The first-order valence-electron chi connectivity index (χ1n) is 9.23. The Bertz CT molecular complexity index is 736. The highest BCUT2D eigenvalue weighted by molar-refractivity contribution is 6.03. The average molecular weight is 354 g/mol. The van der Waals surface area contributed by atoms with Gasteiger partial charge in [-0.05, 0) is 36.6 Å². The van der Waals surface area contributed by atoms with Crippen LogP contribution in [0.1, 0.15) is 65.8 Å². The fourth-order valence-corrected chi connectivity index (χ4v) is 2.67. The second-order valence-electron chi connectivity index (χ2n) is 6.14. The third kappa shape index (κ3) is 5.45. The molecule has 0 unspecified atom stereocenters. The fourth-order valence-electron chi connectivity index (χ4n) is 2.67. The summed E-state index contributed by atoms with van der Waals surface area (Å²) in [6.07, 6.45) is 4.65. The molecule has 0 aliphatic carbocycles. The molecule has 0 aliphatic heterocycles. The predicted octanol–water partition coefficient (Wildman–Crippen LogP) is 5.21. The Hall–Kier alpha value is -2.62. The minimum Gasteiger partial charge on any atom is -0.462 e. The SMILES string of the molecule is CCCCCOC(=O)c1ccccc1C(=O)Oc1ccccc1CCC. The highest BCUT2D eigenvalue weighted by Gasteiger charge is 2.20. The van der Waals surface area contributed by atoms with Gasteiger partial charge in [0.15, 0.2) is 0 Å². The lowest BCUT2D eigenvalue weighted by molar-refractivity contribution is 0.0490. The molecule has 138 valence electrons. The largest absolute Gasteiger partial charge is 0.462 e. The van der Waals surface area contributed by atoms with E-state index in [4.69, 9.17) is 9.47 Å². The number of hydrogen-bond donors (Lipinski definition) is 0. The van der Waals surface area contributed by atoms with Crippen LogP contribution in [0.15, 0.2) is 48.5 Å². The van der Waals surface area contributed by atoms with Crippen LogP contribution in [0.25, 0.3) is 0 Å². The van der Waals surface area contributed by atoms with Gasteiger partial charge in [-0.1, -0.05) is 63.4 Å². The molecule has 0 aliphatic rings. The summed E-state index contributed by atoms with van der Waals surface area (Å²) in [6.45, 7) is 4.52. The molecule has 0 N–H and O–H groups in total. The summed E-state index contributed by atoms with van der Waals surface area (Å²) in [6, 6.07) is 14.1. The van der Waals surface area contributed by atoms with Crippen LogP contribution in [0, 0.1) is 0 Å². The van der Waals surface area contributed by atoms with Crippen molar-refractivity contribution in [2.45, 2.75) is 46.0 Å². The summed E-state index contributed by atoms with van der Waals surface area (Å²) >= 11 is 0. The van der Waals surface area contributed by atoms with Crippen LogP contribution in [0.5, 0.6) is 5.75 Å². The molecule has 4 nitrogen and oxygen atoms in total. The summed E-state index contributed by atoms with van der Waals surface area (Å²) in [5.41, 5.74) is 1.43. The first-order chi connectivity index (χ1) is 12.7. The van der Waals surface area contributed by atoms with Crippen molar-refractivity contribution in [1.82, 2.24) is 0 Å². The molecule has 2 aromatic carbocycles. The summed E-state index contributed by atoms with van der Waals surface area (Å²) in [7, 11) is 0. The minimum absolute atomic E-state index is 0.222. The van der Waals surface area contributed by atoms with E-state index in [-0.39, 0.29) is 11.1 Å². The van der Waals surface area contributed by atoms with E-state index < -0.39 is 11.9 Å². The predicted molar refractivity (Wildman–Crippen MR) is 102 cm³/mol. The number of carbonyl (C=O) groups is 2. The topological polar surface area (TPSA) is 52.6 Å². The summed E-state index contributed by atoms with van der Waals surface area (Å²) < 4.78 is 10.9. The van der Waals surface area contributed by atoms with Gasteiger partial charge in [-0.15, -0.1) is 0 Å². The number of unbranched alkanes of at least 4 members (excludes halogenated alkanes) is 2. The second-order valence-corrected chi connectivity index (χ2v) is 6.14. The average Bonchev–Trinajstić information content (AvgIpc) is 2.67. The molecule has 2 rings (SSSR count). The first-order valence-corrected chi connectivity index (χ1v) is 9.23. The molecule has 0 heterocycles. The van der Waals surface area contributed by atoms with Crippen LogP contribution in [0.4, 0.5) is 0 Å². The van der Waals surface area contributed by atoms with E-state index in [2.05, 4.69) is 13.8 Å². The van der Waals surface area contributed by atoms with Crippen molar-refractivity contribution in [3.05, 3.63) is 65.2 Å². The van der Waals surface area contributed by atoms with Crippen LogP contribution < -0.4 is 4.74 Å². The van der Waals surface area contributed by atoms with Crippen LogP contribution in [0.3, 0.4) is 0 Å². The normalized spacial score (nSPS) is 10.4. The molecular weight excluding hydrogens is 328 g/mol. The lowest BCUT2D eigenvalue weighted by atomic mass is 10.1. The summed E-state index contributed by atoms with van der Waals surface area (Å²) in [4.78, 5) is 25.0. The number of esters is 2. The minimum atomic E-state index is -0.547. The van der Waals surface area contributed by atoms with Gasteiger partial charge in [0, 0.05) is 0 Å². The molecule has 2 aromatic rings. The number of para-hydroxylation sites is 1. The van der Waals surface area contributed by atoms with Crippen molar-refractivity contribution in [2.75, 3.05) is 6.61 Å². The number of hydrogen-bond acceptors (Lipinski definition) is 4. The van der Waals surface area contributed by atoms with Crippen molar-refractivity contribution >= 4 is 11.9 Å². The van der Waals surface area contributed by atoms with Crippen molar-refractivity contribution in [3.63, 3.8) is 0 Å². The summed E-state index contributed by atoms with van der Waals surface area (Å²) in [5, 5.41) is 0. The van der Waals surface area contributed by atoms with E-state index in [0.29, 0.717) is 12.4 Å². The Labute approximate surface area is 155 Å². The fraction of sp³-hybridized carbons (Fsp3) is 0.364. The monoisotopic (exact) mass is 354 g/mol. The van der Waals surface area contributed by atoms with Gasteiger partial charge in [-0.25, -0.2) is 9.59 Å². The van der Waals surface area contributed by atoms with Gasteiger partial charge < -0.3 is 9.47 Å². The van der Waals surface area contributed by atoms with Crippen LogP contribution in [0.2, 0.25) is 0 Å². The van der Waals surface area contributed by atoms with Crippen molar-refractivity contribution in [2.24, 2.45) is 0 Å². The van der Waals surface area contributed by atoms with Crippen LogP contribution in [-0.2, 0) is 11.2 Å². The Morgan fingerprint density at radius 2 is 1.46 bits per heavy atom. The molecule has 0 amide bonds. The molecule has 4 heteroatoms. The molecule has 0 aromatic heterocycles. The zero-order valence-corrected chi connectivity index (χ0v) is 15.5. The molecule has 0 saturated carbocycles. The zero-order valence-electron chi connectivity index (χ0n) is 15.5. The molecule has 0 fully saturated rings. The molecule has 0 atom stereocenters. The highest BCUT2D eigenvalue weighted by atomic mass is 16.5. The van der Waals surface area contributed by atoms with Crippen LogP contribution in [-0.4, -0.2) is 18.5 Å². The van der Waals surface area contributed by atoms with Crippen molar-refractivity contribution < 1.29 is 19.1 Å². The Morgan fingerprint density at radius 1 is 0.808 bits per heavy atom. The molecule has 0 saturated heterocycles. The van der Waals surface area contributed by atoms with Gasteiger partial charge in [0.05, 0.1) is 17.7 Å². The lowest BCUT2D eigenvalue weighted by Gasteiger charge is -2.12. The van der Waals surface area contributed by atoms with Gasteiger partial charge in [0.1, 0.15) is 5.75 Å². The number of carbonyl (C=O) groups excluding carboxylic acids is 2. The van der Waals surface area contributed by atoms with Gasteiger partial charge in [-0.3, -0.25) is 0 Å². The standard InChI is InChI=1S/C22H26O4/c1-3-5-10-16-25-21(23)18-13-7-8-14-19(18)22(24)26-20-15-9-6-12-17(20)11-4-2/h6-9,12-15H,3-5,10-11,16H2,1-2H3. The van der Waals surface area contributed by atoms with Gasteiger partial charge in [-0.2, -0.15) is 0 Å². The molecule has 0 spiro atoms. The maximum atomic E-state index is 12.6. The maximum absolute atomic E-state index is 12.6. The van der Waals surface area contributed by atoms with Crippen molar-refractivity contribution in [1.29, 1.82) is 0 Å². The molecule has 0 bridgehead atoms. The number of benzene rings is 2. The Balaban J connectivity index is 2.13. The van der Waals surface area contributed by atoms with E-state index in [1.165, 1.54) is 0 Å². The molecule has 26 heavy (non-hydrogen) atoms. The highest BCUT2D eigenvalue weighted by Crippen LogP contribution is 2.22. The van der Waals surface area contributed by atoms with E-state index in [1.807, 2.05) is 18.2 Å². The number of rotatable bonds is 9. The Kier molecular flexibility index (Phi) is 7.87. The van der Waals surface area contributed by atoms with E-state index >= 15 is 0 Å². The lowest BCUT2D eigenvalue weighted by Crippen LogP contribution is -2.16. The third-order valence-corrected chi connectivity index (χ3v) is 4.04. The first kappa shape index (κ1) is 19.7. The van der Waals surface area contributed by atoms with E-state index in [1.54, 1.807) is 30.3 Å². The maximum Gasteiger partial charge on any atom is 0.344 e. The number of aryl methyl sites for hydroxylation is 1. The second kappa shape index (κ2) is 10.4. The van der Waals surface area contributed by atoms with E-state index in [9.17, 15) is 9.59 Å². The molecule has 0 radical (unpaired) electrons. The van der Waals surface area contributed by atoms with Gasteiger partial charge in [0.2, 0.25) is 0 Å². The third-order valence-electron chi connectivity index (χ3n) is 4.04. The zero-order chi connectivity index (χ0) is 18.8. The molecular formula is C22H26O4. The smallest absolute Gasteiger partial charge is 0.344 e. The van der Waals surface area contributed by atoms with E-state index in [0.717, 1.165) is 37.7 Å². The quantitative estimate of drug-likeness (QED) is 0.352. The van der Waals surface area contributed by atoms with Gasteiger partial charge in [0.25, 0.3) is 0 Å². The number of ether oxygens (including phenoxy) is 2. The van der Waals surface area contributed by atoms with Gasteiger partial charge >= 0.3 is 11.9 Å². The Morgan fingerprint density at radius 3 is 2.15 bits per heavy atom. The van der Waals surface area contributed by atoms with Crippen LogP contribution >= 0.6 is 0 Å². The summed E-state index contributed by atoms with van der Waals surface area (Å²) in [5.74, 6) is -0.504.